The van der Waals surface area contributed by atoms with Gasteiger partial charge >= 0.3 is 5.97 Å². The molecule has 0 radical (unpaired) electrons. The predicted octanol–water partition coefficient (Wildman–Crippen LogP) is 2.89. The van der Waals surface area contributed by atoms with Crippen molar-refractivity contribution in [3.05, 3.63) is 21.7 Å². The number of carboxylic acids is 1. The first kappa shape index (κ1) is 13.2. The summed E-state index contributed by atoms with van der Waals surface area (Å²) >= 11 is 3.44. The summed E-state index contributed by atoms with van der Waals surface area (Å²) in [5, 5.41) is 9.44. The predicted molar refractivity (Wildman–Crippen MR) is 70.5 cm³/mol. The Kier molecular flexibility index (Phi) is 3.27. The lowest BCUT2D eigenvalue weighted by molar-refractivity contribution is -0.140. The minimum atomic E-state index is -0.813. The van der Waals surface area contributed by atoms with Crippen LogP contribution in [0.25, 0.3) is 0 Å². The number of hydrogen-bond donors (Lipinski definition) is 1. The van der Waals surface area contributed by atoms with Crippen LogP contribution in [0.4, 0.5) is 0 Å². The zero-order valence-corrected chi connectivity index (χ0v) is 12.1. The Labute approximate surface area is 114 Å². The molecule has 0 aliphatic heterocycles. The molecule has 1 aliphatic carbocycles. The van der Waals surface area contributed by atoms with Gasteiger partial charge in [-0.1, -0.05) is 15.9 Å². The van der Waals surface area contributed by atoms with Gasteiger partial charge in [0.25, 0.3) is 0 Å². The molecular weight excluding hydrogens is 300 g/mol. The summed E-state index contributed by atoms with van der Waals surface area (Å²) in [5.74, 6) is 0.277. The topological polar surface area (TPSA) is 55.8 Å². The van der Waals surface area contributed by atoms with Gasteiger partial charge in [-0.05, 0) is 31.4 Å². The fourth-order valence-electron chi connectivity index (χ4n) is 2.33. The summed E-state index contributed by atoms with van der Waals surface area (Å²) in [5.41, 5.74) is 0.809. The maximum Gasteiger partial charge on any atom is 0.314 e. The van der Waals surface area contributed by atoms with Gasteiger partial charge in [0.1, 0.15) is 0 Å². The van der Waals surface area contributed by atoms with E-state index in [4.69, 9.17) is 9.47 Å². The molecule has 1 fully saturated rings. The van der Waals surface area contributed by atoms with Crippen molar-refractivity contribution in [1.29, 1.82) is 0 Å². The number of halogens is 1. The minimum Gasteiger partial charge on any atom is -0.493 e. The van der Waals surface area contributed by atoms with Crippen LogP contribution < -0.4 is 9.47 Å². The van der Waals surface area contributed by atoms with Crippen molar-refractivity contribution >= 4 is 21.9 Å². The van der Waals surface area contributed by atoms with Crippen LogP contribution in [0.1, 0.15) is 24.0 Å². The van der Waals surface area contributed by atoms with Crippen LogP contribution in [-0.2, 0) is 10.2 Å². The lowest BCUT2D eigenvalue weighted by Crippen LogP contribution is -2.22. The van der Waals surface area contributed by atoms with Crippen LogP contribution >= 0.6 is 15.9 Å². The molecule has 0 aromatic heterocycles. The molecule has 5 heteroatoms. The fraction of sp³-hybridized carbons (Fsp3) is 0.462. The second-order valence-electron chi connectivity index (χ2n) is 4.48. The van der Waals surface area contributed by atoms with Gasteiger partial charge in [0, 0.05) is 10.0 Å². The van der Waals surface area contributed by atoms with E-state index in [-0.39, 0.29) is 0 Å². The third-order valence-corrected chi connectivity index (χ3v) is 4.33. The number of ether oxygens (including phenoxy) is 2. The van der Waals surface area contributed by atoms with Crippen molar-refractivity contribution in [2.24, 2.45) is 0 Å². The van der Waals surface area contributed by atoms with Crippen molar-refractivity contribution in [3.63, 3.8) is 0 Å². The second kappa shape index (κ2) is 4.46. The molecular formula is C13H15BrO4. The van der Waals surface area contributed by atoms with Gasteiger partial charge in [-0.2, -0.15) is 0 Å². The second-order valence-corrected chi connectivity index (χ2v) is 5.34. The first-order chi connectivity index (χ1) is 8.47. The molecule has 0 spiro atoms. The molecule has 1 aromatic rings. The van der Waals surface area contributed by atoms with Gasteiger partial charge in [-0.25, -0.2) is 0 Å². The van der Waals surface area contributed by atoms with Crippen molar-refractivity contribution in [2.45, 2.75) is 25.2 Å². The van der Waals surface area contributed by atoms with Crippen molar-refractivity contribution in [1.82, 2.24) is 0 Å². The molecule has 0 atom stereocenters. The lowest BCUT2D eigenvalue weighted by atomic mass is 9.90. The summed E-state index contributed by atoms with van der Waals surface area (Å²) in [6, 6.07) is 1.80. The number of benzene rings is 1. The van der Waals surface area contributed by atoms with Crippen LogP contribution in [0, 0.1) is 6.92 Å². The molecule has 0 unspecified atom stereocenters. The average molecular weight is 315 g/mol. The minimum absolute atomic E-state index is 0.526. The van der Waals surface area contributed by atoms with E-state index in [2.05, 4.69) is 15.9 Å². The summed E-state index contributed by atoms with van der Waals surface area (Å²) in [6.45, 7) is 1.89. The average Bonchev–Trinajstić information content (AvgIpc) is 3.12. The summed E-state index contributed by atoms with van der Waals surface area (Å²) in [4.78, 5) is 11.5. The number of rotatable bonds is 4. The smallest absolute Gasteiger partial charge is 0.314 e. The highest BCUT2D eigenvalue weighted by Crippen LogP contribution is 2.55. The highest BCUT2D eigenvalue weighted by atomic mass is 79.9. The summed E-state index contributed by atoms with van der Waals surface area (Å²) < 4.78 is 11.5. The summed E-state index contributed by atoms with van der Waals surface area (Å²) in [6.07, 6.45) is 1.28. The normalized spacial score (nSPS) is 16.2. The number of methoxy groups -OCH3 is 2. The highest BCUT2D eigenvalue weighted by Gasteiger charge is 2.54. The maximum absolute atomic E-state index is 11.5. The first-order valence-electron chi connectivity index (χ1n) is 5.63. The van der Waals surface area contributed by atoms with Gasteiger partial charge in [0.15, 0.2) is 11.5 Å². The van der Waals surface area contributed by atoms with Crippen molar-refractivity contribution < 1.29 is 19.4 Å². The molecule has 0 heterocycles. The Morgan fingerprint density at radius 2 is 2.00 bits per heavy atom. The van der Waals surface area contributed by atoms with Gasteiger partial charge in [0.2, 0.25) is 0 Å². The van der Waals surface area contributed by atoms with E-state index in [1.54, 1.807) is 13.2 Å². The molecule has 4 nitrogen and oxygen atoms in total. The molecule has 2 rings (SSSR count). The van der Waals surface area contributed by atoms with Gasteiger partial charge in [0.05, 0.1) is 19.6 Å². The van der Waals surface area contributed by atoms with Crippen LogP contribution in [0.3, 0.4) is 0 Å². The van der Waals surface area contributed by atoms with E-state index < -0.39 is 11.4 Å². The number of hydrogen-bond acceptors (Lipinski definition) is 3. The van der Waals surface area contributed by atoms with Crippen LogP contribution in [-0.4, -0.2) is 25.3 Å². The third-order valence-electron chi connectivity index (χ3n) is 3.50. The SMILES string of the molecule is COc1cc(Br)c(C)c(C2(C(=O)O)CC2)c1OC. The molecule has 0 saturated heterocycles. The molecule has 1 aliphatic rings. The number of carboxylic acid groups (broad SMARTS) is 1. The molecule has 0 bridgehead atoms. The zero-order valence-electron chi connectivity index (χ0n) is 10.5. The Bertz CT molecular complexity index is 506. The van der Waals surface area contributed by atoms with E-state index >= 15 is 0 Å². The lowest BCUT2D eigenvalue weighted by Gasteiger charge is -2.21. The van der Waals surface area contributed by atoms with E-state index in [9.17, 15) is 9.90 Å². The quantitative estimate of drug-likeness (QED) is 0.928. The Morgan fingerprint density at radius 3 is 2.39 bits per heavy atom. The molecule has 18 heavy (non-hydrogen) atoms. The third kappa shape index (κ3) is 1.77. The maximum atomic E-state index is 11.5. The largest absolute Gasteiger partial charge is 0.493 e. The van der Waals surface area contributed by atoms with E-state index in [0.717, 1.165) is 15.6 Å². The number of aliphatic carboxylic acids is 1. The van der Waals surface area contributed by atoms with Gasteiger partial charge in [-0.15, -0.1) is 0 Å². The van der Waals surface area contributed by atoms with E-state index in [1.165, 1.54) is 7.11 Å². The zero-order chi connectivity index (χ0) is 13.5. The fourth-order valence-corrected chi connectivity index (χ4v) is 2.73. The van der Waals surface area contributed by atoms with E-state index in [0.29, 0.717) is 24.3 Å². The Balaban J connectivity index is 2.72. The van der Waals surface area contributed by atoms with E-state index in [1.807, 2.05) is 6.92 Å². The monoisotopic (exact) mass is 314 g/mol. The standard InChI is InChI=1S/C13H15BrO4/c1-7-8(14)6-9(17-2)11(18-3)10(7)13(4-5-13)12(15)16/h6H,4-5H2,1-3H3,(H,15,16). The molecule has 1 N–H and O–H groups in total. The highest BCUT2D eigenvalue weighted by molar-refractivity contribution is 9.10. The number of carbonyl (C=O) groups is 1. The van der Waals surface area contributed by atoms with Crippen LogP contribution in [0.15, 0.2) is 10.5 Å². The van der Waals surface area contributed by atoms with Gasteiger partial charge in [-0.3, -0.25) is 4.79 Å². The molecule has 1 aromatic carbocycles. The van der Waals surface area contributed by atoms with Crippen LogP contribution in [0.5, 0.6) is 11.5 Å². The Morgan fingerprint density at radius 1 is 1.39 bits per heavy atom. The first-order valence-corrected chi connectivity index (χ1v) is 6.42. The van der Waals surface area contributed by atoms with Crippen molar-refractivity contribution in [2.75, 3.05) is 14.2 Å². The summed E-state index contributed by atoms with van der Waals surface area (Å²) in [7, 11) is 3.08. The van der Waals surface area contributed by atoms with Crippen molar-refractivity contribution in [3.8, 4) is 11.5 Å². The molecule has 0 amide bonds. The molecule has 1 saturated carbocycles. The van der Waals surface area contributed by atoms with Gasteiger partial charge < -0.3 is 14.6 Å². The van der Waals surface area contributed by atoms with Crippen LogP contribution in [0.2, 0.25) is 0 Å². The Hall–Kier alpha value is -1.23. The molecule has 98 valence electrons.